The van der Waals surface area contributed by atoms with E-state index in [0.29, 0.717) is 18.4 Å². The minimum atomic E-state index is 0. The van der Waals surface area contributed by atoms with Crippen molar-refractivity contribution in [2.75, 3.05) is 52.5 Å². The fourth-order valence-corrected chi connectivity index (χ4v) is 3.11. The van der Waals surface area contributed by atoms with Gasteiger partial charge in [0.05, 0.1) is 6.10 Å². The molecule has 2 aliphatic heterocycles. The zero-order valence-electron chi connectivity index (χ0n) is 16.0. The summed E-state index contributed by atoms with van der Waals surface area (Å²) < 4.78 is 11.2. The maximum absolute atomic E-state index is 11.6. The number of nitrogens with zero attached hydrogens (tertiary/aromatic N) is 2. The lowest BCUT2D eigenvalue weighted by Crippen LogP contribution is -2.38. The third-order valence-electron chi connectivity index (χ3n) is 4.51. The highest BCUT2D eigenvalue weighted by atomic mass is 127. The average molecular weight is 482 g/mol. The number of guanidine groups is 1. The van der Waals surface area contributed by atoms with Crippen molar-refractivity contribution in [3.63, 3.8) is 0 Å². The quantitative estimate of drug-likeness (QED) is 0.215. The van der Waals surface area contributed by atoms with E-state index in [4.69, 9.17) is 9.47 Å². The second-order valence-corrected chi connectivity index (χ2v) is 6.56. The number of hydrogen-bond acceptors (Lipinski definition) is 4. The van der Waals surface area contributed by atoms with E-state index in [-0.39, 0.29) is 24.0 Å². The van der Waals surface area contributed by atoms with Crippen LogP contribution in [-0.2, 0) is 14.3 Å². The lowest BCUT2D eigenvalue weighted by atomic mass is 10.1. The van der Waals surface area contributed by atoms with Gasteiger partial charge in [-0.15, -0.1) is 24.0 Å². The van der Waals surface area contributed by atoms with E-state index >= 15 is 0 Å². The predicted molar refractivity (Wildman–Crippen MR) is 114 cm³/mol. The number of nitrogens with one attached hydrogen (secondary N) is 2. The van der Waals surface area contributed by atoms with Crippen molar-refractivity contribution >= 4 is 35.8 Å². The summed E-state index contributed by atoms with van der Waals surface area (Å²) in [5, 5.41) is 6.61. The first kappa shape index (κ1) is 23.4. The highest BCUT2D eigenvalue weighted by Crippen LogP contribution is 2.10. The summed E-state index contributed by atoms with van der Waals surface area (Å²) in [6, 6.07) is 0. The van der Waals surface area contributed by atoms with Crippen LogP contribution in [0.25, 0.3) is 0 Å². The van der Waals surface area contributed by atoms with Crippen molar-refractivity contribution < 1.29 is 14.3 Å². The van der Waals surface area contributed by atoms with Crippen LogP contribution < -0.4 is 10.6 Å². The Bertz CT molecular complexity index is 417. The largest absolute Gasteiger partial charge is 0.381 e. The molecule has 1 amide bonds. The third-order valence-corrected chi connectivity index (χ3v) is 4.51. The zero-order chi connectivity index (χ0) is 17.7. The van der Waals surface area contributed by atoms with Crippen LogP contribution in [0.5, 0.6) is 0 Å². The molecule has 0 bridgehead atoms. The van der Waals surface area contributed by atoms with Crippen LogP contribution in [-0.4, -0.2) is 75.4 Å². The number of aliphatic imine (C=N–C) groups is 1. The van der Waals surface area contributed by atoms with E-state index in [9.17, 15) is 4.79 Å². The summed E-state index contributed by atoms with van der Waals surface area (Å²) in [5.74, 6) is 1.14. The Balaban J connectivity index is 0.00000338. The van der Waals surface area contributed by atoms with E-state index in [0.717, 1.165) is 90.6 Å². The second-order valence-electron chi connectivity index (χ2n) is 6.56. The molecule has 2 aliphatic rings. The van der Waals surface area contributed by atoms with Gasteiger partial charge in [-0.25, -0.2) is 0 Å². The smallest absolute Gasteiger partial charge is 0.222 e. The summed E-state index contributed by atoms with van der Waals surface area (Å²) in [7, 11) is 0. The molecule has 152 valence electrons. The molecule has 8 heteroatoms. The molecule has 0 aliphatic carbocycles. The molecule has 2 rings (SSSR count). The summed E-state index contributed by atoms with van der Waals surface area (Å²) in [5.41, 5.74) is 0. The summed E-state index contributed by atoms with van der Waals surface area (Å²) in [6.07, 6.45) is 5.97. The molecule has 7 nitrogen and oxygen atoms in total. The van der Waals surface area contributed by atoms with Crippen molar-refractivity contribution in [3.8, 4) is 0 Å². The average Bonchev–Trinajstić information content (AvgIpc) is 3.04. The van der Waals surface area contributed by atoms with Crippen molar-refractivity contribution in [2.45, 2.75) is 51.6 Å². The fourth-order valence-electron chi connectivity index (χ4n) is 3.11. The van der Waals surface area contributed by atoms with E-state index in [1.165, 1.54) is 0 Å². The van der Waals surface area contributed by atoms with Gasteiger partial charge in [-0.3, -0.25) is 9.79 Å². The maximum atomic E-state index is 11.6. The molecule has 2 N–H and O–H groups in total. The number of ether oxygens (including phenoxy) is 2. The minimum absolute atomic E-state index is 0. The molecule has 0 aromatic carbocycles. The number of carbonyl (C=O) groups is 1. The summed E-state index contributed by atoms with van der Waals surface area (Å²) >= 11 is 0. The van der Waals surface area contributed by atoms with Crippen LogP contribution in [0.1, 0.15) is 45.4 Å². The Morgan fingerprint density at radius 2 is 2.12 bits per heavy atom. The number of rotatable bonds is 10. The Labute approximate surface area is 174 Å². The summed E-state index contributed by atoms with van der Waals surface area (Å²) in [4.78, 5) is 18.1. The molecule has 0 aromatic rings. The van der Waals surface area contributed by atoms with Crippen molar-refractivity contribution in [1.82, 2.24) is 15.5 Å². The van der Waals surface area contributed by atoms with Crippen LogP contribution in [0.2, 0.25) is 0 Å². The van der Waals surface area contributed by atoms with Gasteiger partial charge in [0.25, 0.3) is 0 Å². The van der Waals surface area contributed by atoms with E-state index in [1.807, 2.05) is 4.90 Å². The molecule has 26 heavy (non-hydrogen) atoms. The molecule has 0 aromatic heterocycles. The third kappa shape index (κ3) is 9.36. The molecule has 0 radical (unpaired) electrons. The molecule has 0 atom stereocenters. The topological polar surface area (TPSA) is 75.2 Å². The lowest BCUT2D eigenvalue weighted by molar-refractivity contribution is -0.127. The Morgan fingerprint density at radius 1 is 1.31 bits per heavy atom. The number of carbonyl (C=O) groups excluding carboxylic acids is 1. The number of halogens is 1. The standard InChI is InChI=1S/C18H34N4O3.HI/c1-2-19-18(20-9-4-12-22-11-3-6-17(22)23)21-10-5-13-25-16-7-14-24-15-8-16;/h16H,2-15H2,1H3,(H2,19,20,21);1H. The number of amides is 1. The molecular weight excluding hydrogens is 447 g/mol. The molecule has 0 unspecified atom stereocenters. The van der Waals surface area contributed by atoms with Gasteiger partial charge in [-0.05, 0) is 39.0 Å². The summed E-state index contributed by atoms with van der Waals surface area (Å²) in [6.45, 7) is 8.63. The van der Waals surface area contributed by atoms with E-state index < -0.39 is 0 Å². The predicted octanol–water partition coefficient (Wildman–Crippen LogP) is 1.76. The van der Waals surface area contributed by atoms with E-state index in [2.05, 4.69) is 22.5 Å². The van der Waals surface area contributed by atoms with Gasteiger partial charge in [-0.1, -0.05) is 0 Å². The Morgan fingerprint density at radius 3 is 2.81 bits per heavy atom. The molecule has 0 spiro atoms. The van der Waals surface area contributed by atoms with Crippen LogP contribution in [0.3, 0.4) is 0 Å². The van der Waals surface area contributed by atoms with Gasteiger partial charge in [0, 0.05) is 59.0 Å². The van der Waals surface area contributed by atoms with Crippen LogP contribution >= 0.6 is 24.0 Å². The lowest BCUT2D eigenvalue weighted by Gasteiger charge is -2.22. The Kier molecular flexibility index (Phi) is 13.0. The minimum Gasteiger partial charge on any atom is -0.381 e. The highest BCUT2D eigenvalue weighted by Gasteiger charge is 2.18. The van der Waals surface area contributed by atoms with Crippen LogP contribution in [0.15, 0.2) is 4.99 Å². The van der Waals surface area contributed by atoms with Crippen LogP contribution in [0, 0.1) is 0 Å². The van der Waals surface area contributed by atoms with Gasteiger partial charge in [0.1, 0.15) is 0 Å². The number of likely N-dealkylation sites (tertiary alicyclic amines) is 1. The van der Waals surface area contributed by atoms with Gasteiger partial charge in [0.15, 0.2) is 5.96 Å². The second kappa shape index (κ2) is 14.4. The van der Waals surface area contributed by atoms with Gasteiger partial charge < -0.3 is 25.0 Å². The normalized spacial score (nSPS) is 18.7. The molecule has 2 fully saturated rings. The molecule has 2 saturated heterocycles. The van der Waals surface area contributed by atoms with Gasteiger partial charge in [0.2, 0.25) is 5.91 Å². The van der Waals surface area contributed by atoms with E-state index in [1.54, 1.807) is 0 Å². The maximum Gasteiger partial charge on any atom is 0.222 e. The fraction of sp³-hybridized carbons (Fsp3) is 0.889. The molecular formula is C18H35IN4O3. The molecule has 0 saturated carbocycles. The monoisotopic (exact) mass is 482 g/mol. The van der Waals surface area contributed by atoms with Gasteiger partial charge >= 0.3 is 0 Å². The SMILES string of the molecule is CCNC(=NCCCN1CCCC1=O)NCCCOC1CCOCC1.I. The molecule has 2 heterocycles. The zero-order valence-corrected chi connectivity index (χ0v) is 18.3. The number of hydrogen-bond donors (Lipinski definition) is 2. The first-order chi connectivity index (χ1) is 12.3. The first-order valence-corrected chi connectivity index (χ1v) is 9.79. The highest BCUT2D eigenvalue weighted by molar-refractivity contribution is 14.0. The van der Waals surface area contributed by atoms with Crippen molar-refractivity contribution in [2.24, 2.45) is 4.99 Å². The van der Waals surface area contributed by atoms with Gasteiger partial charge in [-0.2, -0.15) is 0 Å². The van der Waals surface area contributed by atoms with Crippen molar-refractivity contribution in [3.05, 3.63) is 0 Å². The Hall–Kier alpha value is -0.610. The van der Waals surface area contributed by atoms with Crippen LogP contribution in [0.4, 0.5) is 0 Å². The first-order valence-electron chi connectivity index (χ1n) is 9.79. The van der Waals surface area contributed by atoms with Crippen molar-refractivity contribution in [1.29, 1.82) is 0 Å².